The van der Waals surface area contributed by atoms with Crippen molar-refractivity contribution in [1.29, 1.82) is 0 Å². The van der Waals surface area contributed by atoms with Crippen molar-refractivity contribution < 1.29 is 9.66 Å². The molecule has 0 aliphatic heterocycles. The highest BCUT2D eigenvalue weighted by Gasteiger charge is 2.21. The maximum absolute atomic E-state index is 11.1. The van der Waals surface area contributed by atoms with Crippen molar-refractivity contribution in [3.8, 4) is 5.88 Å². The van der Waals surface area contributed by atoms with Crippen molar-refractivity contribution in [2.24, 2.45) is 0 Å². The Morgan fingerprint density at radius 3 is 2.67 bits per heavy atom. The Morgan fingerprint density at radius 2 is 2.11 bits per heavy atom. The van der Waals surface area contributed by atoms with E-state index in [0.29, 0.717) is 34.6 Å². The molecule has 6 heteroatoms. The molecule has 0 aromatic carbocycles. The second kappa shape index (κ2) is 4.56. The zero-order chi connectivity index (χ0) is 13.3. The molecular formula is C12H13N3O3. The third-order valence-corrected chi connectivity index (χ3v) is 2.82. The molecule has 0 amide bonds. The number of pyridine rings is 2. The van der Waals surface area contributed by atoms with Gasteiger partial charge in [0, 0.05) is 17.0 Å². The average molecular weight is 247 g/mol. The molecule has 0 N–H and O–H groups in total. The van der Waals surface area contributed by atoms with Crippen molar-refractivity contribution in [2.75, 3.05) is 7.11 Å². The van der Waals surface area contributed by atoms with Gasteiger partial charge in [0.1, 0.15) is 5.69 Å². The summed E-state index contributed by atoms with van der Waals surface area (Å²) in [4.78, 5) is 19.1. The van der Waals surface area contributed by atoms with Crippen LogP contribution in [0.5, 0.6) is 5.88 Å². The largest absolute Gasteiger partial charge is 0.481 e. The highest BCUT2D eigenvalue weighted by atomic mass is 16.6. The molecule has 2 aromatic heterocycles. The van der Waals surface area contributed by atoms with E-state index in [-0.39, 0.29) is 10.6 Å². The predicted octanol–water partition coefficient (Wildman–Crippen LogP) is 2.42. The summed E-state index contributed by atoms with van der Waals surface area (Å²) in [6, 6.07) is 3.45. The minimum atomic E-state index is -0.384. The van der Waals surface area contributed by atoms with Crippen LogP contribution in [-0.4, -0.2) is 22.0 Å². The molecule has 2 rings (SSSR count). The number of rotatable bonds is 3. The van der Waals surface area contributed by atoms with E-state index in [9.17, 15) is 10.1 Å². The van der Waals surface area contributed by atoms with Crippen molar-refractivity contribution >= 4 is 16.7 Å². The minimum absolute atomic E-state index is 0.0805. The molecule has 2 heterocycles. The molecule has 0 unspecified atom stereocenters. The average Bonchev–Trinajstić information content (AvgIpc) is 2.35. The van der Waals surface area contributed by atoms with Crippen LogP contribution >= 0.6 is 0 Å². The van der Waals surface area contributed by atoms with Gasteiger partial charge in [-0.25, -0.2) is 4.98 Å². The van der Waals surface area contributed by atoms with E-state index in [2.05, 4.69) is 9.97 Å². The zero-order valence-electron chi connectivity index (χ0n) is 10.4. The van der Waals surface area contributed by atoms with Crippen LogP contribution < -0.4 is 4.74 Å². The van der Waals surface area contributed by atoms with Gasteiger partial charge in [0.25, 0.3) is 5.69 Å². The molecule has 0 radical (unpaired) electrons. The van der Waals surface area contributed by atoms with Crippen molar-refractivity contribution in [3.63, 3.8) is 0 Å². The lowest BCUT2D eigenvalue weighted by Crippen LogP contribution is -2.02. The Balaban J connectivity index is 2.83. The molecule has 0 bridgehead atoms. The Labute approximate surface area is 104 Å². The highest BCUT2D eigenvalue weighted by molar-refractivity contribution is 5.83. The molecule has 0 spiro atoms. The number of aromatic nitrogens is 2. The molecule has 0 saturated carbocycles. The first-order chi connectivity index (χ1) is 8.58. The van der Waals surface area contributed by atoms with Gasteiger partial charge in [-0.15, -0.1) is 0 Å². The van der Waals surface area contributed by atoms with Crippen molar-refractivity contribution in [1.82, 2.24) is 9.97 Å². The summed E-state index contributed by atoms with van der Waals surface area (Å²) in [5.74, 6) is 0.449. The van der Waals surface area contributed by atoms with Gasteiger partial charge in [0.05, 0.1) is 12.0 Å². The van der Waals surface area contributed by atoms with Crippen LogP contribution in [0.2, 0.25) is 0 Å². The fourth-order valence-corrected chi connectivity index (χ4v) is 2.02. The quantitative estimate of drug-likeness (QED) is 0.614. The SMILES string of the molecule is CCc1c([N+](=O)[O-])c(C)nc2nc(OC)ccc12. The van der Waals surface area contributed by atoms with Gasteiger partial charge >= 0.3 is 0 Å². The summed E-state index contributed by atoms with van der Waals surface area (Å²) >= 11 is 0. The van der Waals surface area contributed by atoms with E-state index in [1.165, 1.54) is 7.11 Å². The topological polar surface area (TPSA) is 78.2 Å². The van der Waals surface area contributed by atoms with Crippen molar-refractivity contribution in [3.05, 3.63) is 33.5 Å². The third kappa shape index (κ3) is 1.85. The van der Waals surface area contributed by atoms with Gasteiger partial charge in [-0.05, 0) is 19.4 Å². The molecule has 0 aliphatic rings. The molecule has 18 heavy (non-hydrogen) atoms. The Bertz CT molecular complexity index is 625. The number of ether oxygens (including phenoxy) is 1. The van der Waals surface area contributed by atoms with Gasteiger partial charge in [-0.3, -0.25) is 10.1 Å². The molecule has 2 aromatic rings. The Hall–Kier alpha value is -2.24. The van der Waals surface area contributed by atoms with Gasteiger partial charge in [-0.1, -0.05) is 6.92 Å². The Morgan fingerprint density at radius 1 is 1.39 bits per heavy atom. The fourth-order valence-electron chi connectivity index (χ4n) is 2.02. The summed E-state index contributed by atoms with van der Waals surface area (Å²) < 4.78 is 5.03. The van der Waals surface area contributed by atoms with E-state index >= 15 is 0 Å². The monoisotopic (exact) mass is 247 g/mol. The van der Waals surface area contributed by atoms with Gasteiger partial charge in [-0.2, -0.15) is 4.98 Å². The number of nitrogens with zero attached hydrogens (tertiary/aromatic N) is 3. The maximum atomic E-state index is 11.1. The lowest BCUT2D eigenvalue weighted by Gasteiger charge is -2.08. The molecular weight excluding hydrogens is 234 g/mol. The van der Waals surface area contributed by atoms with Crippen molar-refractivity contribution in [2.45, 2.75) is 20.3 Å². The second-order valence-corrected chi connectivity index (χ2v) is 3.86. The number of aryl methyl sites for hydroxylation is 2. The van der Waals surface area contributed by atoms with Gasteiger partial charge in [0.15, 0.2) is 5.65 Å². The van der Waals surface area contributed by atoms with E-state index in [4.69, 9.17) is 4.74 Å². The summed E-state index contributed by atoms with van der Waals surface area (Å²) in [6.45, 7) is 3.50. The van der Waals surface area contributed by atoms with Crippen LogP contribution in [0.1, 0.15) is 18.2 Å². The first-order valence-electron chi connectivity index (χ1n) is 5.57. The fraction of sp³-hybridized carbons (Fsp3) is 0.333. The minimum Gasteiger partial charge on any atom is -0.481 e. The van der Waals surface area contributed by atoms with E-state index in [1.807, 2.05) is 6.92 Å². The van der Waals surface area contributed by atoms with Crippen LogP contribution in [0.4, 0.5) is 5.69 Å². The second-order valence-electron chi connectivity index (χ2n) is 3.86. The van der Waals surface area contributed by atoms with Crippen LogP contribution in [-0.2, 0) is 6.42 Å². The van der Waals surface area contributed by atoms with E-state index in [1.54, 1.807) is 19.1 Å². The molecule has 0 atom stereocenters. The molecule has 6 nitrogen and oxygen atoms in total. The van der Waals surface area contributed by atoms with Crippen LogP contribution in [0, 0.1) is 17.0 Å². The number of hydrogen-bond acceptors (Lipinski definition) is 5. The summed E-state index contributed by atoms with van der Waals surface area (Å²) in [5.41, 5.74) is 1.61. The molecule has 0 aliphatic carbocycles. The lowest BCUT2D eigenvalue weighted by molar-refractivity contribution is -0.386. The smallest absolute Gasteiger partial charge is 0.294 e. The predicted molar refractivity (Wildman–Crippen MR) is 66.9 cm³/mol. The van der Waals surface area contributed by atoms with Crippen LogP contribution in [0.25, 0.3) is 11.0 Å². The van der Waals surface area contributed by atoms with Crippen LogP contribution in [0.3, 0.4) is 0 Å². The van der Waals surface area contributed by atoms with E-state index in [0.717, 1.165) is 0 Å². The lowest BCUT2D eigenvalue weighted by atomic mass is 10.1. The number of fused-ring (bicyclic) bond motifs is 1. The third-order valence-electron chi connectivity index (χ3n) is 2.82. The summed E-state index contributed by atoms with van der Waals surface area (Å²) in [6.07, 6.45) is 0.560. The number of methoxy groups -OCH3 is 1. The first-order valence-corrected chi connectivity index (χ1v) is 5.57. The zero-order valence-corrected chi connectivity index (χ0v) is 10.4. The highest BCUT2D eigenvalue weighted by Crippen LogP contribution is 2.29. The number of hydrogen-bond donors (Lipinski definition) is 0. The van der Waals surface area contributed by atoms with Gasteiger partial charge < -0.3 is 4.74 Å². The normalized spacial score (nSPS) is 10.6. The summed E-state index contributed by atoms with van der Waals surface area (Å²) in [7, 11) is 1.52. The summed E-state index contributed by atoms with van der Waals surface area (Å²) in [5, 5.41) is 11.8. The Kier molecular flexibility index (Phi) is 3.10. The number of nitro groups is 1. The standard InChI is InChI=1S/C12H13N3O3/c1-4-8-9-5-6-10(18-3)14-12(9)13-7(2)11(8)15(16)17/h5-6H,4H2,1-3H3. The molecule has 0 saturated heterocycles. The van der Waals surface area contributed by atoms with Gasteiger partial charge in [0.2, 0.25) is 5.88 Å². The molecule has 0 fully saturated rings. The van der Waals surface area contributed by atoms with E-state index < -0.39 is 0 Å². The maximum Gasteiger partial charge on any atom is 0.294 e. The van der Waals surface area contributed by atoms with Crippen LogP contribution in [0.15, 0.2) is 12.1 Å². The first kappa shape index (κ1) is 12.2. The molecule has 94 valence electrons.